The van der Waals surface area contributed by atoms with Gasteiger partial charge < -0.3 is 14.3 Å². The van der Waals surface area contributed by atoms with Crippen LogP contribution < -0.4 is 4.72 Å². The molecule has 1 aromatic heterocycles. The van der Waals surface area contributed by atoms with E-state index in [9.17, 15) is 8.42 Å². The predicted octanol–water partition coefficient (Wildman–Crippen LogP) is 1.24. The summed E-state index contributed by atoms with van der Waals surface area (Å²) in [6, 6.07) is 1.27. The minimum atomic E-state index is -3.66. The van der Waals surface area contributed by atoms with Crippen molar-refractivity contribution in [2.75, 3.05) is 13.2 Å². The van der Waals surface area contributed by atoms with Crippen LogP contribution in [-0.2, 0) is 21.4 Å². The van der Waals surface area contributed by atoms with Crippen molar-refractivity contribution < 1.29 is 22.7 Å². The van der Waals surface area contributed by atoms with E-state index in [2.05, 4.69) is 20.7 Å². The fourth-order valence-corrected chi connectivity index (χ4v) is 3.22. The number of rotatable bonds is 7. The molecule has 1 aromatic rings. The van der Waals surface area contributed by atoms with Gasteiger partial charge in [0.25, 0.3) is 0 Å². The summed E-state index contributed by atoms with van der Waals surface area (Å²) < 4.78 is 36.5. The molecule has 0 spiro atoms. The molecule has 0 aromatic carbocycles. The van der Waals surface area contributed by atoms with Gasteiger partial charge in [-0.25, -0.2) is 13.1 Å². The van der Waals surface area contributed by atoms with Crippen LogP contribution >= 0.6 is 15.9 Å². The largest absolute Gasteiger partial charge is 0.450 e. The molecule has 1 rings (SSSR count). The van der Waals surface area contributed by atoms with E-state index in [-0.39, 0.29) is 34.6 Å². The maximum atomic E-state index is 11.9. The van der Waals surface area contributed by atoms with Crippen molar-refractivity contribution in [2.24, 2.45) is 0 Å². The third-order valence-electron chi connectivity index (χ3n) is 2.00. The molecule has 18 heavy (non-hydrogen) atoms. The number of aliphatic hydroxyl groups is 1. The predicted molar refractivity (Wildman–Crippen MR) is 68.6 cm³/mol. The maximum absolute atomic E-state index is 11.9. The Balaban J connectivity index is 2.65. The molecule has 104 valence electrons. The minimum Gasteiger partial charge on any atom is -0.450 e. The van der Waals surface area contributed by atoms with Gasteiger partial charge >= 0.3 is 0 Å². The highest BCUT2D eigenvalue weighted by Crippen LogP contribution is 2.25. The average Bonchev–Trinajstić information content (AvgIpc) is 2.66. The minimum absolute atomic E-state index is 0.0314. The molecule has 0 saturated carbocycles. The van der Waals surface area contributed by atoms with Crippen molar-refractivity contribution in [3.05, 3.63) is 16.5 Å². The lowest BCUT2D eigenvalue weighted by Crippen LogP contribution is -2.28. The normalized spacial score (nSPS) is 12.3. The summed E-state index contributed by atoms with van der Waals surface area (Å²) in [4.78, 5) is -0.0314. The van der Waals surface area contributed by atoms with Gasteiger partial charge in [0.15, 0.2) is 4.67 Å². The van der Waals surface area contributed by atoms with E-state index in [1.165, 1.54) is 6.07 Å². The van der Waals surface area contributed by atoms with E-state index in [0.29, 0.717) is 6.61 Å². The molecule has 6 nitrogen and oxygen atoms in total. The standard InChI is InChI=1S/C10H16BrNO5S/c1-7(2)16-4-3-12-18(14,15)9-5-8(6-13)17-10(9)11/h5,7,12-13H,3-4,6H2,1-2H3. The van der Waals surface area contributed by atoms with Gasteiger partial charge in [-0.2, -0.15) is 0 Å². The van der Waals surface area contributed by atoms with Crippen LogP contribution in [0.5, 0.6) is 0 Å². The van der Waals surface area contributed by atoms with Gasteiger partial charge in [-0.3, -0.25) is 0 Å². The molecule has 8 heteroatoms. The lowest BCUT2D eigenvalue weighted by atomic mass is 10.5. The number of sulfonamides is 1. The molecule has 0 saturated heterocycles. The summed E-state index contributed by atoms with van der Waals surface area (Å²) in [5.74, 6) is 0.181. The Labute approximate surface area is 115 Å². The second-order valence-corrected chi connectivity index (χ2v) is 6.28. The number of furan rings is 1. The molecule has 0 amide bonds. The van der Waals surface area contributed by atoms with Crippen LogP contribution in [0.2, 0.25) is 0 Å². The Morgan fingerprint density at radius 2 is 2.22 bits per heavy atom. The number of ether oxygens (including phenoxy) is 1. The number of aliphatic hydroxyl groups excluding tert-OH is 1. The molecule has 0 fully saturated rings. The van der Waals surface area contributed by atoms with E-state index in [1.807, 2.05) is 13.8 Å². The fourth-order valence-electron chi connectivity index (χ4n) is 1.21. The molecule has 0 bridgehead atoms. The Bertz CT molecular complexity index is 482. The van der Waals surface area contributed by atoms with Gasteiger partial charge in [0.2, 0.25) is 10.0 Å². The molecule has 0 unspecified atom stereocenters. The van der Waals surface area contributed by atoms with Crippen LogP contribution in [0.15, 0.2) is 20.0 Å². The first kappa shape index (κ1) is 15.6. The van der Waals surface area contributed by atoms with Crippen molar-refractivity contribution in [2.45, 2.75) is 31.5 Å². The molecule has 0 radical (unpaired) electrons. The zero-order chi connectivity index (χ0) is 13.8. The Kier molecular flexibility index (Phi) is 5.80. The van der Waals surface area contributed by atoms with E-state index in [0.717, 1.165) is 0 Å². The highest BCUT2D eigenvalue weighted by molar-refractivity contribution is 9.10. The van der Waals surface area contributed by atoms with Crippen LogP contribution in [0.3, 0.4) is 0 Å². The topological polar surface area (TPSA) is 88.8 Å². The van der Waals surface area contributed by atoms with Gasteiger partial charge in [-0.15, -0.1) is 0 Å². The molecular weight excluding hydrogens is 326 g/mol. The molecular formula is C10H16BrNO5S. The Morgan fingerprint density at radius 3 is 2.72 bits per heavy atom. The third kappa shape index (κ3) is 4.36. The van der Waals surface area contributed by atoms with E-state index >= 15 is 0 Å². The number of hydrogen-bond acceptors (Lipinski definition) is 5. The Hall–Kier alpha value is -0.410. The zero-order valence-corrected chi connectivity index (χ0v) is 12.5. The quantitative estimate of drug-likeness (QED) is 0.728. The second kappa shape index (κ2) is 6.67. The van der Waals surface area contributed by atoms with Crippen LogP contribution in [0, 0.1) is 0 Å². The number of hydrogen-bond donors (Lipinski definition) is 2. The van der Waals surface area contributed by atoms with Crippen molar-refractivity contribution in [3.8, 4) is 0 Å². The molecule has 0 aliphatic heterocycles. The van der Waals surface area contributed by atoms with Gasteiger partial charge in [0.05, 0.1) is 12.7 Å². The summed E-state index contributed by atoms with van der Waals surface area (Å²) in [6.07, 6.45) is 0.0520. The first-order valence-corrected chi connectivity index (χ1v) is 7.64. The summed E-state index contributed by atoms with van der Waals surface area (Å²) in [5.41, 5.74) is 0. The molecule has 0 aliphatic carbocycles. The first-order chi connectivity index (χ1) is 8.36. The van der Waals surface area contributed by atoms with Gasteiger partial charge in [0.1, 0.15) is 17.3 Å². The highest BCUT2D eigenvalue weighted by atomic mass is 79.9. The van der Waals surface area contributed by atoms with E-state index in [1.54, 1.807) is 0 Å². The van der Waals surface area contributed by atoms with Crippen LogP contribution in [0.4, 0.5) is 0 Å². The van der Waals surface area contributed by atoms with Crippen molar-refractivity contribution in [1.82, 2.24) is 4.72 Å². The van der Waals surface area contributed by atoms with Gasteiger partial charge in [-0.05, 0) is 29.8 Å². The monoisotopic (exact) mass is 341 g/mol. The van der Waals surface area contributed by atoms with E-state index in [4.69, 9.17) is 14.3 Å². The first-order valence-electron chi connectivity index (χ1n) is 5.37. The fraction of sp³-hybridized carbons (Fsp3) is 0.600. The lowest BCUT2D eigenvalue weighted by molar-refractivity contribution is 0.0834. The summed E-state index contributed by atoms with van der Waals surface area (Å²) in [7, 11) is -3.66. The van der Waals surface area contributed by atoms with Crippen molar-refractivity contribution >= 4 is 26.0 Å². The van der Waals surface area contributed by atoms with Gasteiger partial charge in [0, 0.05) is 12.6 Å². The molecule has 0 aliphatic rings. The van der Waals surface area contributed by atoms with Crippen LogP contribution in [-0.4, -0.2) is 32.8 Å². The smallest absolute Gasteiger partial charge is 0.245 e. The van der Waals surface area contributed by atoms with Crippen molar-refractivity contribution in [1.29, 1.82) is 0 Å². The maximum Gasteiger partial charge on any atom is 0.245 e. The molecule has 1 heterocycles. The zero-order valence-electron chi connectivity index (χ0n) is 10.1. The van der Waals surface area contributed by atoms with Crippen LogP contribution in [0.25, 0.3) is 0 Å². The van der Waals surface area contributed by atoms with Crippen molar-refractivity contribution in [3.63, 3.8) is 0 Å². The summed E-state index contributed by atoms with van der Waals surface area (Å²) >= 11 is 3.00. The van der Waals surface area contributed by atoms with Crippen LogP contribution in [0.1, 0.15) is 19.6 Å². The van der Waals surface area contributed by atoms with Gasteiger partial charge in [-0.1, -0.05) is 0 Å². The lowest BCUT2D eigenvalue weighted by Gasteiger charge is -2.08. The number of halogens is 1. The molecule has 0 atom stereocenters. The highest BCUT2D eigenvalue weighted by Gasteiger charge is 2.21. The number of nitrogens with one attached hydrogen (secondary N) is 1. The average molecular weight is 342 g/mol. The SMILES string of the molecule is CC(C)OCCNS(=O)(=O)c1cc(CO)oc1Br. The summed E-state index contributed by atoms with van der Waals surface area (Å²) in [6.45, 7) is 3.85. The Morgan fingerprint density at radius 1 is 1.56 bits per heavy atom. The third-order valence-corrected chi connectivity index (χ3v) is 4.32. The summed E-state index contributed by atoms with van der Waals surface area (Å²) in [5, 5.41) is 8.87. The second-order valence-electron chi connectivity index (χ2n) is 3.83. The molecule has 2 N–H and O–H groups in total. The van der Waals surface area contributed by atoms with E-state index < -0.39 is 10.0 Å².